The molecule has 1 fully saturated rings. The molecule has 0 bridgehead atoms. The summed E-state index contributed by atoms with van der Waals surface area (Å²) < 4.78 is 11.1. The molecule has 6 heteroatoms. The van der Waals surface area contributed by atoms with Crippen molar-refractivity contribution >= 4 is 17.5 Å². The quantitative estimate of drug-likeness (QED) is 0.780. The summed E-state index contributed by atoms with van der Waals surface area (Å²) in [6.45, 7) is 6.15. The van der Waals surface area contributed by atoms with Crippen molar-refractivity contribution in [2.45, 2.75) is 26.7 Å². The molecule has 154 valence electrons. The topological polar surface area (TPSA) is 67.9 Å². The molecule has 1 aliphatic heterocycles. The van der Waals surface area contributed by atoms with Crippen molar-refractivity contribution in [1.82, 2.24) is 4.90 Å². The number of benzene rings is 2. The first-order chi connectivity index (χ1) is 14.1. The first-order valence-corrected chi connectivity index (χ1v) is 10.1. The molecule has 3 rings (SSSR count). The van der Waals surface area contributed by atoms with E-state index in [2.05, 4.69) is 19.2 Å². The molecule has 2 amide bonds. The van der Waals surface area contributed by atoms with E-state index in [0.29, 0.717) is 37.6 Å². The van der Waals surface area contributed by atoms with Gasteiger partial charge in [0.1, 0.15) is 5.75 Å². The average molecular weight is 396 g/mol. The second kappa shape index (κ2) is 10.1. The first kappa shape index (κ1) is 20.9. The lowest BCUT2D eigenvalue weighted by molar-refractivity contribution is -0.118. The minimum Gasteiger partial charge on any atom is -0.483 e. The number of anilines is 1. The molecule has 1 aliphatic rings. The summed E-state index contributed by atoms with van der Waals surface area (Å²) in [6.07, 6.45) is 1.67. The van der Waals surface area contributed by atoms with Crippen LogP contribution in [0.3, 0.4) is 0 Å². The third kappa shape index (κ3) is 5.15. The van der Waals surface area contributed by atoms with Crippen LogP contribution in [-0.2, 0) is 22.4 Å². The van der Waals surface area contributed by atoms with E-state index in [-0.39, 0.29) is 18.4 Å². The van der Waals surface area contributed by atoms with Crippen LogP contribution in [-0.4, -0.2) is 49.6 Å². The summed E-state index contributed by atoms with van der Waals surface area (Å²) >= 11 is 0. The van der Waals surface area contributed by atoms with Gasteiger partial charge in [0, 0.05) is 18.8 Å². The van der Waals surface area contributed by atoms with Crippen LogP contribution >= 0.6 is 0 Å². The van der Waals surface area contributed by atoms with E-state index in [4.69, 9.17) is 9.47 Å². The molecule has 0 aliphatic carbocycles. The Morgan fingerprint density at radius 3 is 2.31 bits per heavy atom. The molecule has 2 aromatic carbocycles. The van der Waals surface area contributed by atoms with Gasteiger partial charge >= 0.3 is 0 Å². The van der Waals surface area contributed by atoms with Crippen LogP contribution in [0.15, 0.2) is 42.5 Å². The number of amides is 2. The number of nitrogens with zero attached hydrogens (tertiary/aromatic N) is 1. The van der Waals surface area contributed by atoms with Crippen LogP contribution in [0.4, 0.5) is 5.69 Å². The van der Waals surface area contributed by atoms with Crippen LogP contribution in [0.1, 0.15) is 35.3 Å². The van der Waals surface area contributed by atoms with E-state index in [0.717, 1.165) is 29.7 Å². The number of rotatable bonds is 7. The highest BCUT2D eigenvalue weighted by Crippen LogP contribution is 2.23. The monoisotopic (exact) mass is 396 g/mol. The molecule has 0 unspecified atom stereocenters. The van der Waals surface area contributed by atoms with Crippen molar-refractivity contribution in [3.05, 3.63) is 59.2 Å². The van der Waals surface area contributed by atoms with Gasteiger partial charge in [-0.15, -0.1) is 0 Å². The van der Waals surface area contributed by atoms with Gasteiger partial charge in [-0.1, -0.05) is 44.2 Å². The van der Waals surface area contributed by atoms with E-state index in [1.165, 1.54) is 0 Å². The summed E-state index contributed by atoms with van der Waals surface area (Å²) in [5.74, 6) is 0.0711. The van der Waals surface area contributed by atoms with Gasteiger partial charge in [0.15, 0.2) is 6.61 Å². The number of para-hydroxylation sites is 2. The maximum atomic E-state index is 12.8. The lowest BCUT2D eigenvalue weighted by atomic mass is 10.0. The summed E-state index contributed by atoms with van der Waals surface area (Å²) in [6, 6.07) is 13.1. The lowest BCUT2D eigenvalue weighted by Gasteiger charge is -2.27. The summed E-state index contributed by atoms with van der Waals surface area (Å²) in [5, 5.41) is 2.99. The third-order valence-electron chi connectivity index (χ3n) is 5.04. The van der Waals surface area contributed by atoms with E-state index in [1.807, 2.05) is 18.2 Å². The van der Waals surface area contributed by atoms with Crippen molar-refractivity contribution in [1.29, 1.82) is 0 Å². The Kier molecular flexibility index (Phi) is 7.25. The Bertz CT molecular complexity index is 837. The molecule has 1 saturated heterocycles. The van der Waals surface area contributed by atoms with Gasteiger partial charge in [0.25, 0.3) is 11.8 Å². The van der Waals surface area contributed by atoms with E-state index >= 15 is 0 Å². The van der Waals surface area contributed by atoms with Crippen LogP contribution in [0.2, 0.25) is 0 Å². The maximum Gasteiger partial charge on any atom is 0.262 e. The maximum absolute atomic E-state index is 12.8. The van der Waals surface area contributed by atoms with Gasteiger partial charge in [0.2, 0.25) is 0 Å². The molecule has 29 heavy (non-hydrogen) atoms. The number of ether oxygens (including phenoxy) is 2. The van der Waals surface area contributed by atoms with Crippen molar-refractivity contribution in [3.63, 3.8) is 0 Å². The van der Waals surface area contributed by atoms with Gasteiger partial charge in [-0.2, -0.15) is 0 Å². The summed E-state index contributed by atoms with van der Waals surface area (Å²) in [5.41, 5.74) is 3.52. The smallest absolute Gasteiger partial charge is 0.262 e. The SMILES string of the molecule is CCc1cccc(CC)c1NC(=O)COc1ccccc1C(=O)N1CCOCC1. The highest BCUT2D eigenvalue weighted by atomic mass is 16.5. The van der Waals surface area contributed by atoms with Gasteiger partial charge < -0.3 is 19.7 Å². The van der Waals surface area contributed by atoms with Crippen LogP contribution < -0.4 is 10.1 Å². The molecule has 1 N–H and O–H groups in total. The fourth-order valence-electron chi connectivity index (χ4n) is 3.43. The largest absolute Gasteiger partial charge is 0.483 e. The Morgan fingerprint density at radius 1 is 1.00 bits per heavy atom. The van der Waals surface area contributed by atoms with Gasteiger partial charge in [-0.05, 0) is 36.1 Å². The van der Waals surface area contributed by atoms with E-state index in [9.17, 15) is 9.59 Å². The van der Waals surface area contributed by atoms with Crippen LogP contribution in [0, 0.1) is 0 Å². The van der Waals surface area contributed by atoms with Crippen molar-refractivity contribution in [2.24, 2.45) is 0 Å². The summed E-state index contributed by atoms with van der Waals surface area (Å²) in [4.78, 5) is 27.1. The minimum atomic E-state index is -0.241. The highest BCUT2D eigenvalue weighted by molar-refractivity contribution is 5.97. The zero-order chi connectivity index (χ0) is 20.6. The van der Waals surface area contributed by atoms with E-state index < -0.39 is 0 Å². The number of carbonyl (C=O) groups excluding carboxylic acids is 2. The Hall–Kier alpha value is -2.86. The zero-order valence-electron chi connectivity index (χ0n) is 17.1. The fraction of sp³-hybridized carbons (Fsp3) is 0.391. The molecule has 1 heterocycles. The molecule has 0 radical (unpaired) electrons. The molecular formula is C23H28N2O4. The van der Waals surface area contributed by atoms with E-state index in [1.54, 1.807) is 29.2 Å². The highest BCUT2D eigenvalue weighted by Gasteiger charge is 2.22. The normalized spacial score (nSPS) is 13.8. The van der Waals surface area contributed by atoms with Crippen molar-refractivity contribution in [2.75, 3.05) is 38.2 Å². The lowest BCUT2D eigenvalue weighted by Crippen LogP contribution is -2.40. The van der Waals surface area contributed by atoms with Gasteiger partial charge in [-0.25, -0.2) is 0 Å². The minimum absolute atomic E-state index is 0.103. The molecule has 0 spiro atoms. The fourth-order valence-corrected chi connectivity index (χ4v) is 3.43. The van der Waals surface area contributed by atoms with Crippen LogP contribution in [0.25, 0.3) is 0 Å². The predicted octanol–water partition coefficient (Wildman–Crippen LogP) is 3.30. The predicted molar refractivity (Wildman–Crippen MR) is 112 cm³/mol. The molecule has 6 nitrogen and oxygen atoms in total. The number of hydrogen-bond donors (Lipinski definition) is 1. The van der Waals surface area contributed by atoms with Gasteiger partial charge in [0.05, 0.1) is 18.8 Å². The zero-order valence-corrected chi connectivity index (χ0v) is 17.1. The molecule has 2 aromatic rings. The second-order valence-corrected chi connectivity index (χ2v) is 6.90. The standard InChI is InChI=1S/C23H28N2O4/c1-3-17-8-7-9-18(4-2)22(17)24-21(26)16-29-20-11-6-5-10-19(20)23(27)25-12-14-28-15-13-25/h5-11H,3-4,12-16H2,1-2H3,(H,24,26). The molecule has 0 saturated carbocycles. The Balaban J connectivity index is 1.68. The number of hydrogen-bond acceptors (Lipinski definition) is 4. The van der Waals surface area contributed by atoms with Crippen molar-refractivity contribution in [3.8, 4) is 5.75 Å². The number of nitrogens with one attached hydrogen (secondary N) is 1. The van der Waals surface area contributed by atoms with Crippen molar-refractivity contribution < 1.29 is 19.1 Å². The Labute approximate surface area is 171 Å². The number of aryl methyl sites for hydroxylation is 2. The molecular weight excluding hydrogens is 368 g/mol. The van der Waals surface area contributed by atoms with Crippen LogP contribution in [0.5, 0.6) is 5.75 Å². The second-order valence-electron chi connectivity index (χ2n) is 6.90. The third-order valence-corrected chi connectivity index (χ3v) is 5.04. The summed E-state index contributed by atoms with van der Waals surface area (Å²) in [7, 11) is 0. The molecule has 0 aromatic heterocycles. The average Bonchev–Trinajstić information content (AvgIpc) is 2.78. The number of carbonyl (C=O) groups is 2. The Morgan fingerprint density at radius 2 is 1.66 bits per heavy atom. The molecule has 0 atom stereocenters. The first-order valence-electron chi connectivity index (χ1n) is 10.1. The van der Waals surface area contributed by atoms with Gasteiger partial charge in [-0.3, -0.25) is 9.59 Å². The number of morpholine rings is 1.